The summed E-state index contributed by atoms with van der Waals surface area (Å²) in [5, 5.41) is 0. The van der Waals surface area contributed by atoms with Gasteiger partial charge in [0.1, 0.15) is 88.5 Å². The van der Waals surface area contributed by atoms with Gasteiger partial charge in [-0.15, -0.1) is 0 Å². The molecule has 4 fully saturated rings. The Bertz CT molecular complexity index is 6150. The fourth-order valence-electron chi connectivity index (χ4n) is 17.6. The normalized spacial score (nSPS) is 21.5. The molecule has 6 atom stereocenters. The van der Waals surface area contributed by atoms with E-state index in [9.17, 15) is 63.1 Å². The van der Waals surface area contributed by atoms with E-state index in [2.05, 4.69) is 64.7 Å². The lowest BCUT2D eigenvalue weighted by molar-refractivity contribution is -0.121. The van der Waals surface area contributed by atoms with Gasteiger partial charge in [-0.05, 0) is 113 Å². The first-order chi connectivity index (χ1) is 61.1. The molecule has 4 aliphatic heterocycles. The smallest absolute Gasteiger partial charge is 0.250 e. The molecular formula is C86H85F10N27O4. The van der Waals surface area contributed by atoms with Crippen LogP contribution < -0.4 is 39.2 Å². The molecule has 20 rings (SSSR count). The van der Waals surface area contributed by atoms with Crippen molar-refractivity contribution >= 4 is 69.6 Å². The highest BCUT2D eigenvalue weighted by Crippen LogP contribution is 2.49. The number of alkyl halides is 5. The quantitative estimate of drug-likeness (QED) is 0.0641. The third kappa shape index (κ3) is 16.1. The Labute approximate surface area is 720 Å². The summed E-state index contributed by atoms with van der Waals surface area (Å²) in [4.78, 5) is 131. The second-order valence-corrected chi connectivity index (χ2v) is 32.1. The number of aromatic nitrogens is 19. The number of likely N-dealkylation sites (N-methyl/N-ethyl adjacent to an activating group) is 4. The Morgan fingerprint density at radius 1 is 0.370 bits per heavy atom. The van der Waals surface area contributed by atoms with Crippen molar-refractivity contribution in [3.8, 4) is 69.3 Å². The lowest BCUT2D eigenvalue weighted by Gasteiger charge is -2.48. The molecule has 4 aliphatic carbocycles. The van der Waals surface area contributed by atoms with Crippen molar-refractivity contribution in [3.05, 3.63) is 177 Å². The van der Waals surface area contributed by atoms with E-state index in [1.165, 1.54) is 85.5 Å². The average molecular weight is 1750 g/mol. The van der Waals surface area contributed by atoms with Gasteiger partial charge in [-0.3, -0.25) is 37.4 Å². The molecule has 127 heavy (non-hydrogen) atoms. The van der Waals surface area contributed by atoms with E-state index in [-0.39, 0.29) is 115 Å². The van der Waals surface area contributed by atoms with Crippen LogP contribution in [0, 0.1) is 29.2 Å². The molecule has 0 N–H and O–H groups in total. The third-order valence-corrected chi connectivity index (χ3v) is 24.2. The van der Waals surface area contributed by atoms with Crippen LogP contribution in [-0.4, -0.2) is 211 Å². The topological polar surface area (TPSA) is 307 Å². The first-order valence-corrected chi connectivity index (χ1v) is 41.6. The summed E-state index contributed by atoms with van der Waals surface area (Å²) in [7, 11) is 6.71. The van der Waals surface area contributed by atoms with E-state index < -0.39 is 71.6 Å². The molecule has 0 radical (unpaired) electrons. The van der Waals surface area contributed by atoms with Crippen LogP contribution in [0.1, 0.15) is 118 Å². The van der Waals surface area contributed by atoms with Crippen LogP contribution in [0.15, 0.2) is 148 Å². The molecule has 41 heteroatoms. The predicted molar refractivity (Wildman–Crippen MR) is 448 cm³/mol. The van der Waals surface area contributed by atoms with Crippen molar-refractivity contribution in [2.45, 2.75) is 184 Å². The molecule has 0 saturated heterocycles. The number of rotatable bonds is 16. The van der Waals surface area contributed by atoms with Gasteiger partial charge in [-0.1, -0.05) is 27.7 Å². The maximum absolute atomic E-state index is 14.1. The summed E-state index contributed by atoms with van der Waals surface area (Å²) in [5.41, 5.74) is 4.20. The molecule has 14 heterocycles. The van der Waals surface area contributed by atoms with Crippen molar-refractivity contribution in [2.24, 2.45) is 0 Å². The van der Waals surface area contributed by atoms with E-state index in [1.807, 2.05) is 43.4 Å². The monoisotopic (exact) mass is 1750 g/mol. The molecule has 2 aromatic carbocycles. The molecule has 0 spiro atoms. The van der Waals surface area contributed by atoms with Gasteiger partial charge in [0.25, 0.3) is 0 Å². The number of halogens is 10. The number of benzene rings is 2. The predicted octanol–water partition coefficient (Wildman–Crippen LogP) is 13.5. The molecule has 2 unspecified atom stereocenters. The number of carbonyl (C=O) groups excluding carboxylic acids is 4. The highest BCUT2D eigenvalue weighted by molar-refractivity contribution is 6.07. The Morgan fingerprint density at radius 2 is 0.717 bits per heavy atom. The summed E-state index contributed by atoms with van der Waals surface area (Å²) in [6.45, 7) is 7.65. The lowest BCUT2D eigenvalue weighted by atomic mass is 9.87. The van der Waals surface area contributed by atoms with Crippen LogP contribution in [0.4, 0.5) is 89.9 Å². The summed E-state index contributed by atoms with van der Waals surface area (Å²) in [6, 6.07) is 7.68. The van der Waals surface area contributed by atoms with Gasteiger partial charge in [0.05, 0.1) is 30.4 Å². The molecule has 0 bridgehead atoms. The second-order valence-electron chi connectivity index (χ2n) is 32.1. The molecule has 658 valence electrons. The van der Waals surface area contributed by atoms with E-state index in [0.29, 0.717) is 101 Å². The van der Waals surface area contributed by atoms with Crippen LogP contribution in [0.2, 0.25) is 0 Å². The summed E-state index contributed by atoms with van der Waals surface area (Å²) in [5.74, 6) is -5.41. The zero-order chi connectivity index (χ0) is 89.3. The highest BCUT2D eigenvalue weighted by atomic mass is 19.3. The minimum absolute atomic E-state index is 0.0881. The van der Waals surface area contributed by atoms with E-state index in [1.54, 1.807) is 109 Å². The van der Waals surface area contributed by atoms with E-state index in [4.69, 9.17) is 15.0 Å². The SMILES string of the molecule is CC[C@@H]1C(=O)N(C)c2cnc(-n3ccnc3-c3ccc(F)c(F)c3)nc2N1C1CCC(F)(F)C1.CC[C@@H]1C(=O)N(C)c2cnc(-n3ccnc3-c3ccc(F)cc3)nc2N1C1CCC(F)(F)C1.CC[C@@H]1C(=O)N(C)c2cnc(-n3ccnc3-c3cnc(F)c(F)c3)nc2N1C1CC(F)C1.CC[C@@H]1C(=O)N(C)c2cnc(-n3ccnc3-c3cncnc3)nc2N1C1CC1. The lowest BCUT2D eigenvalue weighted by Crippen LogP contribution is -2.59. The molecule has 4 saturated carbocycles. The van der Waals surface area contributed by atoms with Crippen molar-refractivity contribution in [3.63, 3.8) is 0 Å². The largest absolute Gasteiger partial charge is 0.340 e. The summed E-state index contributed by atoms with van der Waals surface area (Å²) < 4.78 is 144. The average Bonchev–Trinajstić information content (AvgIpc) is 1.64. The molecule has 4 amide bonds. The Morgan fingerprint density at radius 3 is 1.06 bits per heavy atom. The first kappa shape index (κ1) is 85.4. The third-order valence-electron chi connectivity index (χ3n) is 24.2. The number of anilines is 8. The van der Waals surface area contributed by atoms with Crippen LogP contribution >= 0.6 is 0 Å². The Hall–Kier alpha value is -13.8. The van der Waals surface area contributed by atoms with Crippen LogP contribution in [-0.2, 0) is 19.2 Å². The number of carbonyl (C=O) groups is 4. The first-order valence-electron chi connectivity index (χ1n) is 41.6. The van der Waals surface area contributed by atoms with Gasteiger partial charge in [0.15, 0.2) is 40.7 Å². The molecule has 8 aliphatic rings. The summed E-state index contributed by atoms with van der Waals surface area (Å²) in [6.07, 6.45) is 28.8. The van der Waals surface area contributed by atoms with Crippen LogP contribution in [0.25, 0.3) is 69.3 Å². The molecule has 31 nitrogen and oxygen atoms in total. The fourth-order valence-corrected chi connectivity index (χ4v) is 17.6. The van der Waals surface area contributed by atoms with Crippen molar-refractivity contribution < 1.29 is 63.1 Å². The number of amides is 4. The van der Waals surface area contributed by atoms with Gasteiger partial charge in [-0.2, -0.15) is 24.3 Å². The second kappa shape index (κ2) is 34.3. The van der Waals surface area contributed by atoms with Crippen molar-refractivity contribution in [1.82, 2.24) is 93.0 Å². The van der Waals surface area contributed by atoms with E-state index >= 15 is 0 Å². The Kier molecular flexibility index (Phi) is 23.0. The van der Waals surface area contributed by atoms with Crippen molar-refractivity contribution in [1.29, 1.82) is 0 Å². The number of fused-ring (bicyclic) bond motifs is 4. The fraction of sp³-hybridized carbons (Fsp3) is 0.384. The number of imidazole rings is 4. The number of hydrogen-bond acceptors (Lipinski definition) is 23. The zero-order valence-corrected chi connectivity index (χ0v) is 69.9. The zero-order valence-electron chi connectivity index (χ0n) is 69.9. The number of hydrogen-bond donors (Lipinski definition) is 0. The van der Waals surface area contributed by atoms with Gasteiger partial charge < -0.3 is 39.2 Å². The Balaban J connectivity index is 0.000000120. The van der Waals surface area contributed by atoms with Gasteiger partial charge in [-0.25, -0.2) is 94.3 Å². The minimum atomic E-state index is -2.80. The molecule has 10 aromatic heterocycles. The maximum atomic E-state index is 14.1. The minimum Gasteiger partial charge on any atom is -0.340 e. The van der Waals surface area contributed by atoms with E-state index in [0.717, 1.165) is 54.5 Å². The maximum Gasteiger partial charge on any atom is 0.250 e. The van der Waals surface area contributed by atoms with Gasteiger partial charge >= 0.3 is 0 Å². The number of pyridine rings is 1. The van der Waals surface area contributed by atoms with Gasteiger partial charge in [0, 0.05) is 163 Å². The standard InChI is InChI=1S/C23H22F4N6O.C23H23F3N6O.C21H20F3N7O.C19H20N8O/c1-3-17-21(34)31(2)18-12-29-22(30-20(18)33(17)14-6-7-23(26,27)11-14)32-9-8-28-19(32)13-4-5-15(24)16(25)10-13;1-3-17-21(33)30(2)18-13-28-22(29-20(18)32(17)16-8-9-23(25,26)12-16)31-11-10-27-19(31)14-4-6-15(24)7-5-14;1-3-15-20(32)29(2)16-10-27-21(28-19(16)31(15)13-7-12(22)8-13)30-5-4-25-18(30)11-6-14(23)17(24)26-9-11;1-3-14-18(28)25(2)15-10-23-19(24-17(15)27(14)13-4-5-13)26-7-6-22-16(26)12-8-20-11-21-9-12/h4-5,8-10,12,14,17H,3,6-7,11H2,1-2H3;4-7,10-11,13,16-17H,3,8-9,12H2,1-2H3;4-6,9-10,12-13,15H,3,7-8H2,1-2H3;6-11,13-14H,3-5H2,1-2H3/t14?,17-;16?,17-;12?,13?,15-;14-/m1111/s1. The molecular weight excluding hydrogens is 1670 g/mol. The van der Waals surface area contributed by atoms with Gasteiger partial charge in [0.2, 0.25) is 65.2 Å². The molecule has 12 aromatic rings. The van der Waals surface area contributed by atoms with Crippen molar-refractivity contribution in [2.75, 3.05) is 67.4 Å². The van der Waals surface area contributed by atoms with Crippen LogP contribution in [0.5, 0.6) is 0 Å². The van der Waals surface area contributed by atoms with Crippen LogP contribution in [0.3, 0.4) is 0 Å². The summed E-state index contributed by atoms with van der Waals surface area (Å²) >= 11 is 0. The number of nitrogens with zero attached hydrogens (tertiary/aromatic N) is 27. The highest BCUT2D eigenvalue weighted by Gasteiger charge is 2.52.